The van der Waals surface area contributed by atoms with Crippen LogP contribution in [0.15, 0.2) is 54.6 Å². The number of ether oxygens (including phenoxy) is 1. The van der Waals surface area contributed by atoms with Crippen molar-refractivity contribution in [2.75, 3.05) is 6.61 Å². The van der Waals surface area contributed by atoms with E-state index in [9.17, 15) is 0 Å². The van der Waals surface area contributed by atoms with Gasteiger partial charge in [0.25, 0.3) is 0 Å². The van der Waals surface area contributed by atoms with Crippen molar-refractivity contribution in [1.29, 1.82) is 0 Å². The zero-order valence-corrected chi connectivity index (χ0v) is 18.1. The molecule has 0 saturated heterocycles. The van der Waals surface area contributed by atoms with Gasteiger partial charge in [0.05, 0.1) is 6.61 Å². The van der Waals surface area contributed by atoms with Gasteiger partial charge in [0.1, 0.15) is 11.5 Å². The average molecular weight is 387 g/mol. The molecule has 0 radical (unpaired) electrons. The average Bonchev–Trinajstić information content (AvgIpc) is 2.68. The van der Waals surface area contributed by atoms with Crippen LogP contribution in [-0.4, -0.2) is 15.2 Å². The van der Waals surface area contributed by atoms with Crippen molar-refractivity contribution in [3.63, 3.8) is 0 Å². The third kappa shape index (κ3) is 9.22. The van der Waals surface area contributed by atoms with E-state index < -0.39 is 8.56 Å². The van der Waals surface area contributed by atoms with Crippen molar-refractivity contribution in [2.45, 2.75) is 65.1 Å². The molecule has 3 nitrogen and oxygen atoms in total. The first kappa shape index (κ1) is 21.7. The molecular formula is C23H34O3Si. The molecule has 0 aromatic heterocycles. The Kier molecular flexibility index (Phi) is 9.60. The summed E-state index contributed by atoms with van der Waals surface area (Å²) in [6.45, 7) is 7.89. The van der Waals surface area contributed by atoms with Gasteiger partial charge in [0.15, 0.2) is 0 Å². The maximum Gasteiger partial charge on any atom is 0.332 e. The highest BCUT2D eigenvalue weighted by Gasteiger charge is 2.24. The van der Waals surface area contributed by atoms with E-state index in [-0.39, 0.29) is 0 Å². The topological polar surface area (TPSA) is 27.7 Å². The fourth-order valence-electron chi connectivity index (χ4n) is 2.78. The molecule has 0 N–H and O–H groups in total. The molecule has 0 bridgehead atoms. The van der Waals surface area contributed by atoms with Gasteiger partial charge in [-0.15, -0.1) is 0 Å². The Hall–Kier alpha value is -1.62. The molecule has 0 aliphatic rings. The van der Waals surface area contributed by atoms with E-state index in [2.05, 4.69) is 32.2 Å². The SMILES string of the molecule is CCCCCCCCO[Si](C)(C)OCc1ccc(Oc2ccccc2)cc1. The first-order valence-electron chi connectivity index (χ1n) is 10.2. The van der Waals surface area contributed by atoms with Crippen LogP contribution in [0.1, 0.15) is 51.0 Å². The van der Waals surface area contributed by atoms with Crippen LogP contribution in [0.25, 0.3) is 0 Å². The molecule has 0 unspecified atom stereocenters. The molecule has 2 aromatic rings. The van der Waals surface area contributed by atoms with E-state index in [4.69, 9.17) is 13.6 Å². The highest BCUT2D eigenvalue weighted by molar-refractivity contribution is 6.64. The third-order valence-electron chi connectivity index (χ3n) is 4.44. The first-order chi connectivity index (χ1) is 13.1. The van der Waals surface area contributed by atoms with Crippen molar-refractivity contribution in [3.05, 3.63) is 60.2 Å². The second kappa shape index (κ2) is 12.0. The minimum Gasteiger partial charge on any atom is -0.457 e. The summed E-state index contributed by atoms with van der Waals surface area (Å²) in [7, 11) is -2.07. The fourth-order valence-corrected chi connectivity index (χ4v) is 4.01. The predicted octanol–water partition coefficient (Wildman–Crippen LogP) is 7.07. The van der Waals surface area contributed by atoms with Gasteiger partial charge in [-0.1, -0.05) is 69.4 Å². The molecular weight excluding hydrogens is 352 g/mol. The molecule has 0 spiro atoms. The van der Waals surface area contributed by atoms with Crippen LogP contribution in [-0.2, 0) is 15.5 Å². The molecule has 148 valence electrons. The van der Waals surface area contributed by atoms with Gasteiger partial charge in [-0.25, -0.2) is 0 Å². The van der Waals surface area contributed by atoms with Gasteiger partial charge >= 0.3 is 8.56 Å². The van der Waals surface area contributed by atoms with Gasteiger partial charge < -0.3 is 13.6 Å². The standard InChI is InChI=1S/C23H34O3Si/c1-4-5-6-7-8-12-19-24-27(2,3)25-20-21-15-17-23(18-16-21)26-22-13-10-9-11-14-22/h9-11,13-18H,4-8,12,19-20H2,1-3H3. The highest BCUT2D eigenvalue weighted by Crippen LogP contribution is 2.22. The minimum absolute atomic E-state index is 0.585. The minimum atomic E-state index is -2.07. The molecule has 0 fully saturated rings. The molecule has 2 rings (SSSR count). The number of unbranched alkanes of at least 4 members (excludes halogenated alkanes) is 5. The van der Waals surface area contributed by atoms with E-state index in [1.807, 2.05) is 42.5 Å². The van der Waals surface area contributed by atoms with Crippen molar-refractivity contribution < 1.29 is 13.6 Å². The quantitative estimate of drug-likeness (QED) is 0.272. The summed E-state index contributed by atoms with van der Waals surface area (Å²) >= 11 is 0. The smallest absolute Gasteiger partial charge is 0.332 e. The Bertz CT molecular complexity index is 626. The van der Waals surface area contributed by atoms with Crippen LogP contribution in [0.2, 0.25) is 13.1 Å². The normalized spacial score (nSPS) is 11.5. The molecule has 27 heavy (non-hydrogen) atoms. The Morgan fingerprint density at radius 1 is 0.704 bits per heavy atom. The number of para-hydroxylation sites is 1. The summed E-state index contributed by atoms with van der Waals surface area (Å²) in [6.07, 6.45) is 7.70. The third-order valence-corrected chi connectivity index (χ3v) is 6.18. The van der Waals surface area contributed by atoms with Crippen LogP contribution >= 0.6 is 0 Å². The van der Waals surface area contributed by atoms with Crippen LogP contribution in [0, 0.1) is 0 Å². The lowest BCUT2D eigenvalue weighted by molar-refractivity contribution is 0.168. The van der Waals surface area contributed by atoms with Gasteiger partial charge in [-0.05, 0) is 49.3 Å². The fraction of sp³-hybridized carbons (Fsp3) is 0.478. The highest BCUT2D eigenvalue weighted by atomic mass is 28.4. The Morgan fingerprint density at radius 2 is 1.33 bits per heavy atom. The summed E-state index contributed by atoms with van der Waals surface area (Å²) in [5, 5.41) is 0. The van der Waals surface area contributed by atoms with Crippen LogP contribution in [0.4, 0.5) is 0 Å². The monoisotopic (exact) mass is 386 g/mol. The van der Waals surface area contributed by atoms with Crippen molar-refractivity contribution >= 4 is 8.56 Å². The lowest BCUT2D eigenvalue weighted by atomic mass is 10.1. The molecule has 2 aromatic carbocycles. The maximum atomic E-state index is 6.09. The van der Waals surface area contributed by atoms with E-state index in [1.165, 1.54) is 32.1 Å². The first-order valence-corrected chi connectivity index (χ1v) is 13.0. The van der Waals surface area contributed by atoms with Crippen molar-refractivity contribution in [2.24, 2.45) is 0 Å². The summed E-state index contributed by atoms with van der Waals surface area (Å²) < 4.78 is 18.0. The molecule has 4 heteroatoms. The van der Waals surface area contributed by atoms with Gasteiger partial charge in [0.2, 0.25) is 0 Å². The van der Waals surface area contributed by atoms with Gasteiger partial charge in [-0.3, -0.25) is 0 Å². The number of hydrogen-bond acceptors (Lipinski definition) is 3. The van der Waals surface area contributed by atoms with Crippen LogP contribution < -0.4 is 4.74 Å². The molecule has 0 aliphatic carbocycles. The predicted molar refractivity (Wildman–Crippen MR) is 115 cm³/mol. The molecule has 0 aliphatic heterocycles. The van der Waals surface area contributed by atoms with Gasteiger partial charge in [0, 0.05) is 6.61 Å². The summed E-state index contributed by atoms with van der Waals surface area (Å²) in [6, 6.07) is 17.9. The Morgan fingerprint density at radius 3 is 2.04 bits per heavy atom. The number of hydrogen-bond donors (Lipinski definition) is 0. The zero-order chi connectivity index (χ0) is 19.4. The van der Waals surface area contributed by atoms with E-state index in [0.29, 0.717) is 6.61 Å². The largest absolute Gasteiger partial charge is 0.457 e. The summed E-state index contributed by atoms with van der Waals surface area (Å²) in [5.74, 6) is 1.68. The second-order valence-electron chi connectivity index (χ2n) is 7.36. The van der Waals surface area contributed by atoms with E-state index >= 15 is 0 Å². The maximum absolute atomic E-state index is 6.09. The summed E-state index contributed by atoms with van der Waals surface area (Å²) in [5.41, 5.74) is 1.14. The van der Waals surface area contributed by atoms with Crippen LogP contribution in [0.3, 0.4) is 0 Å². The number of benzene rings is 2. The van der Waals surface area contributed by atoms with Crippen molar-refractivity contribution in [3.8, 4) is 11.5 Å². The molecule has 0 amide bonds. The number of rotatable bonds is 13. The molecule has 0 saturated carbocycles. The summed E-state index contributed by atoms with van der Waals surface area (Å²) in [4.78, 5) is 0. The van der Waals surface area contributed by atoms with Crippen LogP contribution in [0.5, 0.6) is 11.5 Å². The molecule has 0 atom stereocenters. The zero-order valence-electron chi connectivity index (χ0n) is 17.1. The van der Waals surface area contributed by atoms with E-state index in [1.54, 1.807) is 0 Å². The second-order valence-corrected chi connectivity index (χ2v) is 10.7. The van der Waals surface area contributed by atoms with Gasteiger partial charge in [-0.2, -0.15) is 0 Å². The Balaban J connectivity index is 1.67. The van der Waals surface area contributed by atoms with E-state index in [0.717, 1.165) is 30.1 Å². The molecule has 0 heterocycles. The lowest BCUT2D eigenvalue weighted by Gasteiger charge is -2.23. The van der Waals surface area contributed by atoms with Crippen molar-refractivity contribution in [1.82, 2.24) is 0 Å². The Labute approximate surface area is 165 Å². The lowest BCUT2D eigenvalue weighted by Crippen LogP contribution is -2.35.